The molecule has 1 atom stereocenters. The van der Waals surface area contributed by atoms with Crippen LogP contribution in [0, 0.1) is 6.92 Å². The van der Waals surface area contributed by atoms with E-state index in [0.717, 1.165) is 22.0 Å². The van der Waals surface area contributed by atoms with E-state index in [4.69, 9.17) is 10.3 Å². The number of hydrogen-bond acceptors (Lipinski definition) is 4. The van der Waals surface area contributed by atoms with Gasteiger partial charge in [-0.2, -0.15) is 4.98 Å². The summed E-state index contributed by atoms with van der Waals surface area (Å²) in [6.45, 7) is 4.07. The summed E-state index contributed by atoms with van der Waals surface area (Å²) < 4.78 is 6.33. The Morgan fingerprint density at radius 1 is 1.44 bits per heavy atom. The molecule has 1 aromatic carbocycles. The summed E-state index contributed by atoms with van der Waals surface area (Å²) in [6.07, 6.45) is 1.55. The standard InChI is InChI=1S/C13H16BrN3O/c1-3-10(15)7-12-16-13(18-17-12)9-4-5-11(14)8(2)6-9/h4-6,10H,3,7,15H2,1-2H3. The molecule has 5 heteroatoms. The number of nitrogens with zero attached hydrogens (tertiary/aromatic N) is 2. The van der Waals surface area contributed by atoms with E-state index in [9.17, 15) is 0 Å². The van der Waals surface area contributed by atoms with Crippen LogP contribution in [-0.4, -0.2) is 16.2 Å². The number of aromatic nitrogens is 2. The van der Waals surface area contributed by atoms with Crippen molar-refractivity contribution in [3.8, 4) is 11.5 Å². The molecule has 0 saturated carbocycles. The van der Waals surface area contributed by atoms with Gasteiger partial charge >= 0.3 is 0 Å². The van der Waals surface area contributed by atoms with Crippen LogP contribution in [-0.2, 0) is 6.42 Å². The minimum Gasteiger partial charge on any atom is -0.334 e. The molecular formula is C13H16BrN3O. The Labute approximate surface area is 115 Å². The van der Waals surface area contributed by atoms with E-state index in [-0.39, 0.29) is 6.04 Å². The first kappa shape index (κ1) is 13.2. The minimum atomic E-state index is 0.0853. The van der Waals surface area contributed by atoms with Crippen LogP contribution >= 0.6 is 15.9 Å². The second kappa shape index (κ2) is 5.63. The second-order valence-corrected chi connectivity index (χ2v) is 5.21. The van der Waals surface area contributed by atoms with Crippen LogP contribution in [0.5, 0.6) is 0 Å². The van der Waals surface area contributed by atoms with Crippen molar-refractivity contribution in [2.75, 3.05) is 0 Å². The first-order chi connectivity index (χ1) is 8.60. The van der Waals surface area contributed by atoms with Crippen LogP contribution in [0.4, 0.5) is 0 Å². The first-order valence-corrected chi connectivity index (χ1v) is 6.74. The molecule has 0 saturated heterocycles. The van der Waals surface area contributed by atoms with Gasteiger partial charge in [-0.05, 0) is 37.1 Å². The fraction of sp³-hybridized carbons (Fsp3) is 0.385. The maximum Gasteiger partial charge on any atom is 0.257 e. The summed E-state index contributed by atoms with van der Waals surface area (Å²) in [5, 5.41) is 3.95. The van der Waals surface area contributed by atoms with Crippen molar-refractivity contribution in [1.29, 1.82) is 0 Å². The van der Waals surface area contributed by atoms with Crippen molar-refractivity contribution in [1.82, 2.24) is 10.1 Å². The van der Waals surface area contributed by atoms with E-state index < -0.39 is 0 Å². The monoisotopic (exact) mass is 309 g/mol. The maximum atomic E-state index is 5.87. The van der Waals surface area contributed by atoms with Crippen molar-refractivity contribution in [3.63, 3.8) is 0 Å². The number of nitrogens with two attached hydrogens (primary N) is 1. The molecule has 0 spiro atoms. The lowest BCUT2D eigenvalue weighted by Crippen LogP contribution is -2.21. The summed E-state index contributed by atoms with van der Waals surface area (Å²) in [7, 11) is 0. The number of benzene rings is 1. The Hall–Kier alpha value is -1.20. The molecule has 1 heterocycles. The van der Waals surface area contributed by atoms with Crippen LogP contribution < -0.4 is 5.73 Å². The number of aryl methyl sites for hydroxylation is 1. The van der Waals surface area contributed by atoms with Gasteiger partial charge in [-0.3, -0.25) is 0 Å². The predicted octanol–water partition coefficient (Wildman–Crippen LogP) is 3.09. The van der Waals surface area contributed by atoms with Gasteiger partial charge < -0.3 is 10.3 Å². The van der Waals surface area contributed by atoms with Gasteiger partial charge in [-0.25, -0.2) is 0 Å². The lowest BCUT2D eigenvalue weighted by Gasteiger charge is -2.02. The number of rotatable bonds is 4. The fourth-order valence-electron chi connectivity index (χ4n) is 1.61. The lowest BCUT2D eigenvalue weighted by molar-refractivity contribution is 0.419. The van der Waals surface area contributed by atoms with E-state index in [1.165, 1.54) is 0 Å². The normalized spacial score (nSPS) is 12.7. The zero-order valence-corrected chi connectivity index (χ0v) is 12.1. The van der Waals surface area contributed by atoms with E-state index in [1.54, 1.807) is 0 Å². The van der Waals surface area contributed by atoms with Crippen LogP contribution in [0.15, 0.2) is 27.2 Å². The number of halogens is 1. The molecule has 0 aliphatic carbocycles. The molecule has 2 N–H and O–H groups in total. The third-order valence-corrected chi connectivity index (χ3v) is 3.73. The van der Waals surface area contributed by atoms with E-state index >= 15 is 0 Å². The van der Waals surface area contributed by atoms with E-state index in [0.29, 0.717) is 18.1 Å². The molecule has 1 aromatic heterocycles. The Balaban J connectivity index is 2.21. The maximum absolute atomic E-state index is 5.87. The van der Waals surface area contributed by atoms with Gasteiger partial charge in [0.05, 0.1) is 0 Å². The minimum absolute atomic E-state index is 0.0853. The Morgan fingerprint density at radius 3 is 2.89 bits per heavy atom. The van der Waals surface area contributed by atoms with Crippen LogP contribution in [0.1, 0.15) is 24.7 Å². The van der Waals surface area contributed by atoms with Gasteiger partial charge in [-0.15, -0.1) is 0 Å². The van der Waals surface area contributed by atoms with E-state index in [2.05, 4.69) is 26.1 Å². The average molecular weight is 310 g/mol. The third-order valence-electron chi connectivity index (χ3n) is 2.84. The van der Waals surface area contributed by atoms with Crippen molar-refractivity contribution < 1.29 is 4.52 Å². The van der Waals surface area contributed by atoms with Gasteiger partial charge in [0.1, 0.15) is 0 Å². The molecule has 0 fully saturated rings. The molecule has 2 aromatic rings. The Morgan fingerprint density at radius 2 is 2.22 bits per heavy atom. The van der Waals surface area contributed by atoms with Crippen LogP contribution in [0.25, 0.3) is 11.5 Å². The first-order valence-electron chi connectivity index (χ1n) is 5.95. The summed E-state index contributed by atoms with van der Waals surface area (Å²) in [5.41, 5.74) is 7.94. The molecule has 18 heavy (non-hydrogen) atoms. The predicted molar refractivity (Wildman–Crippen MR) is 74.1 cm³/mol. The second-order valence-electron chi connectivity index (χ2n) is 4.35. The highest BCUT2D eigenvalue weighted by atomic mass is 79.9. The van der Waals surface area contributed by atoms with Crippen molar-refractivity contribution in [2.24, 2.45) is 5.73 Å². The van der Waals surface area contributed by atoms with Gasteiger partial charge in [0.15, 0.2) is 5.82 Å². The van der Waals surface area contributed by atoms with E-state index in [1.807, 2.05) is 32.0 Å². The molecule has 1 unspecified atom stereocenters. The zero-order valence-electron chi connectivity index (χ0n) is 10.5. The molecule has 96 valence electrons. The highest BCUT2D eigenvalue weighted by Gasteiger charge is 2.11. The topological polar surface area (TPSA) is 64.9 Å². The molecule has 0 aliphatic rings. The van der Waals surface area contributed by atoms with Gasteiger partial charge in [0, 0.05) is 22.5 Å². The molecule has 0 radical (unpaired) electrons. The molecule has 0 amide bonds. The largest absolute Gasteiger partial charge is 0.334 e. The Bertz CT molecular complexity index is 539. The quantitative estimate of drug-likeness (QED) is 0.942. The van der Waals surface area contributed by atoms with Crippen molar-refractivity contribution in [3.05, 3.63) is 34.1 Å². The van der Waals surface area contributed by atoms with Crippen LogP contribution in [0.3, 0.4) is 0 Å². The van der Waals surface area contributed by atoms with Crippen molar-refractivity contribution in [2.45, 2.75) is 32.7 Å². The fourth-order valence-corrected chi connectivity index (χ4v) is 1.86. The molecule has 4 nitrogen and oxygen atoms in total. The number of hydrogen-bond donors (Lipinski definition) is 1. The highest BCUT2D eigenvalue weighted by molar-refractivity contribution is 9.10. The molecular weight excluding hydrogens is 294 g/mol. The van der Waals surface area contributed by atoms with Crippen LogP contribution in [0.2, 0.25) is 0 Å². The van der Waals surface area contributed by atoms with Gasteiger partial charge in [-0.1, -0.05) is 28.0 Å². The highest BCUT2D eigenvalue weighted by Crippen LogP contribution is 2.23. The summed E-state index contributed by atoms with van der Waals surface area (Å²) in [4.78, 5) is 4.37. The summed E-state index contributed by atoms with van der Waals surface area (Å²) in [5.74, 6) is 1.21. The van der Waals surface area contributed by atoms with Crippen molar-refractivity contribution >= 4 is 15.9 Å². The smallest absolute Gasteiger partial charge is 0.257 e. The molecule has 0 bridgehead atoms. The van der Waals surface area contributed by atoms with Gasteiger partial charge in [0.2, 0.25) is 0 Å². The lowest BCUT2D eigenvalue weighted by atomic mass is 10.1. The Kier molecular flexibility index (Phi) is 4.14. The SMILES string of the molecule is CCC(N)Cc1noc(-c2ccc(Br)c(C)c2)n1. The summed E-state index contributed by atoms with van der Waals surface area (Å²) in [6, 6.07) is 6.03. The average Bonchev–Trinajstić information content (AvgIpc) is 2.81. The zero-order chi connectivity index (χ0) is 13.1. The summed E-state index contributed by atoms with van der Waals surface area (Å²) >= 11 is 3.47. The van der Waals surface area contributed by atoms with Gasteiger partial charge in [0.25, 0.3) is 5.89 Å². The molecule has 0 aliphatic heterocycles. The third kappa shape index (κ3) is 2.97. The molecule has 2 rings (SSSR count).